The van der Waals surface area contributed by atoms with Crippen molar-refractivity contribution in [2.45, 2.75) is 19.4 Å². The van der Waals surface area contributed by atoms with Crippen LogP contribution in [0.15, 0.2) is 23.5 Å². The maximum absolute atomic E-state index is 5.85. The summed E-state index contributed by atoms with van der Waals surface area (Å²) in [7, 11) is 0. The van der Waals surface area contributed by atoms with Gasteiger partial charge in [0, 0.05) is 18.0 Å². The zero-order chi connectivity index (χ0) is 8.97. The first-order valence-electron chi connectivity index (χ1n) is 4.01. The van der Waals surface area contributed by atoms with E-state index in [9.17, 15) is 0 Å². The molecule has 0 bridgehead atoms. The second-order valence-corrected chi connectivity index (χ2v) is 2.67. The third-order valence-electron chi connectivity index (χ3n) is 1.81. The standard InChI is InChI=1S/C10H13NO/c1-3-5-8-9(11)6-7-12-10(8)4-2/h2-3,5,9H,6-7,11H2,1H3/b5-3-. The molecule has 2 heteroatoms. The molecule has 1 unspecified atom stereocenters. The molecule has 1 aliphatic heterocycles. The first-order valence-corrected chi connectivity index (χ1v) is 4.01. The van der Waals surface area contributed by atoms with Crippen LogP contribution in [0, 0.1) is 12.3 Å². The lowest BCUT2D eigenvalue weighted by molar-refractivity contribution is 0.197. The third-order valence-corrected chi connectivity index (χ3v) is 1.81. The molecule has 0 radical (unpaired) electrons. The molecular weight excluding hydrogens is 150 g/mol. The van der Waals surface area contributed by atoms with Gasteiger partial charge in [0.2, 0.25) is 0 Å². The van der Waals surface area contributed by atoms with Gasteiger partial charge in [-0.3, -0.25) is 0 Å². The Hall–Kier alpha value is -1.20. The van der Waals surface area contributed by atoms with Crippen molar-refractivity contribution in [3.63, 3.8) is 0 Å². The first-order chi connectivity index (χ1) is 5.79. The zero-order valence-electron chi connectivity index (χ0n) is 7.21. The van der Waals surface area contributed by atoms with Gasteiger partial charge >= 0.3 is 0 Å². The van der Waals surface area contributed by atoms with Crippen molar-refractivity contribution in [1.82, 2.24) is 0 Å². The number of ether oxygens (including phenoxy) is 1. The van der Waals surface area contributed by atoms with Gasteiger partial charge in [0.25, 0.3) is 0 Å². The van der Waals surface area contributed by atoms with Crippen LogP contribution < -0.4 is 5.73 Å². The van der Waals surface area contributed by atoms with Crippen LogP contribution in [0.2, 0.25) is 0 Å². The van der Waals surface area contributed by atoms with E-state index in [0.717, 1.165) is 12.0 Å². The zero-order valence-corrected chi connectivity index (χ0v) is 7.21. The van der Waals surface area contributed by atoms with Crippen LogP contribution in [-0.4, -0.2) is 12.6 Å². The fourth-order valence-corrected chi connectivity index (χ4v) is 1.20. The topological polar surface area (TPSA) is 35.2 Å². The summed E-state index contributed by atoms with van der Waals surface area (Å²) in [4.78, 5) is 0. The predicted octanol–water partition coefficient (Wildman–Crippen LogP) is 1.20. The van der Waals surface area contributed by atoms with Crippen molar-refractivity contribution in [2.24, 2.45) is 5.73 Å². The second-order valence-electron chi connectivity index (χ2n) is 2.67. The van der Waals surface area contributed by atoms with Gasteiger partial charge < -0.3 is 10.5 Å². The van der Waals surface area contributed by atoms with E-state index in [1.165, 1.54) is 0 Å². The highest BCUT2D eigenvalue weighted by atomic mass is 16.5. The van der Waals surface area contributed by atoms with E-state index in [2.05, 4.69) is 5.92 Å². The van der Waals surface area contributed by atoms with Crippen molar-refractivity contribution in [2.75, 3.05) is 6.61 Å². The summed E-state index contributed by atoms with van der Waals surface area (Å²) in [6.45, 7) is 2.56. The van der Waals surface area contributed by atoms with Crippen LogP contribution in [0.3, 0.4) is 0 Å². The smallest absolute Gasteiger partial charge is 0.174 e. The monoisotopic (exact) mass is 163 g/mol. The normalized spacial score (nSPS) is 23.9. The van der Waals surface area contributed by atoms with Crippen molar-refractivity contribution in [3.8, 4) is 12.3 Å². The Morgan fingerprint density at radius 2 is 2.50 bits per heavy atom. The van der Waals surface area contributed by atoms with E-state index in [-0.39, 0.29) is 6.04 Å². The molecule has 1 rings (SSSR count). The van der Waals surface area contributed by atoms with Gasteiger partial charge in [0.05, 0.1) is 6.61 Å². The van der Waals surface area contributed by atoms with E-state index in [0.29, 0.717) is 12.4 Å². The van der Waals surface area contributed by atoms with Crippen LogP contribution in [0.1, 0.15) is 13.3 Å². The summed E-state index contributed by atoms with van der Waals surface area (Å²) >= 11 is 0. The van der Waals surface area contributed by atoms with Crippen LogP contribution >= 0.6 is 0 Å². The Kier molecular flexibility index (Phi) is 2.95. The molecule has 2 N–H and O–H groups in total. The lowest BCUT2D eigenvalue weighted by atomic mass is 10.0. The molecule has 0 aromatic heterocycles. The Bertz CT molecular complexity index is 258. The molecule has 0 saturated heterocycles. The molecule has 2 nitrogen and oxygen atoms in total. The maximum atomic E-state index is 5.85. The SMILES string of the molecule is C#CC1=C(/C=C\C)C(N)CCO1. The number of hydrogen-bond donors (Lipinski definition) is 1. The number of allylic oxidation sites excluding steroid dienone is 2. The molecule has 0 fully saturated rings. The lowest BCUT2D eigenvalue weighted by Gasteiger charge is -2.21. The Morgan fingerprint density at radius 1 is 1.75 bits per heavy atom. The molecule has 0 aromatic rings. The molecule has 12 heavy (non-hydrogen) atoms. The summed E-state index contributed by atoms with van der Waals surface area (Å²) in [6.07, 6.45) is 9.94. The third kappa shape index (κ3) is 1.69. The van der Waals surface area contributed by atoms with Crippen molar-refractivity contribution >= 4 is 0 Å². The van der Waals surface area contributed by atoms with Gasteiger partial charge in [-0.25, -0.2) is 0 Å². The Morgan fingerprint density at radius 3 is 3.08 bits per heavy atom. The summed E-state index contributed by atoms with van der Waals surface area (Å²) in [5.74, 6) is 3.09. The maximum Gasteiger partial charge on any atom is 0.174 e. The lowest BCUT2D eigenvalue weighted by Crippen LogP contribution is -2.28. The van der Waals surface area contributed by atoms with E-state index in [1.807, 2.05) is 19.1 Å². The number of nitrogens with two attached hydrogens (primary N) is 1. The molecule has 1 atom stereocenters. The van der Waals surface area contributed by atoms with Crippen LogP contribution in [-0.2, 0) is 4.74 Å². The first kappa shape index (κ1) is 8.89. The van der Waals surface area contributed by atoms with Crippen LogP contribution in [0.25, 0.3) is 0 Å². The summed E-state index contributed by atoms with van der Waals surface area (Å²) in [5.41, 5.74) is 6.78. The molecule has 0 spiro atoms. The summed E-state index contributed by atoms with van der Waals surface area (Å²) in [5, 5.41) is 0. The Balaban J connectivity index is 2.97. The molecule has 1 heterocycles. The van der Waals surface area contributed by atoms with Crippen LogP contribution in [0.4, 0.5) is 0 Å². The van der Waals surface area contributed by atoms with Gasteiger partial charge in [0.15, 0.2) is 5.76 Å². The quantitative estimate of drug-likeness (QED) is 0.589. The molecule has 1 aliphatic rings. The average molecular weight is 163 g/mol. The second kappa shape index (κ2) is 3.99. The van der Waals surface area contributed by atoms with Crippen molar-refractivity contribution in [3.05, 3.63) is 23.5 Å². The minimum Gasteiger partial charge on any atom is -0.485 e. The molecule has 0 amide bonds. The summed E-state index contributed by atoms with van der Waals surface area (Å²) < 4.78 is 5.27. The summed E-state index contributed by atoms with van der Waals surface area (Å²) in [6, 6.07) is 0.0287. The molecule has 0 aliphatic carbocycles. The van der Waals surface area contributed by atoms with Gasteiger partial charge in [0.1, 0.15) is 0 Å². The largest absolute Gasteiger partial charge is 0.485 e. The number of terminal acetylenes is 1. The predicted molar refractivity (Wildman–Crippen MR) is 49.2 cm³/mol. The van der Waals surface area contributed by atoms with E-state index in [1.54, 1.807) is 0 Å². The highest BCUT2D eigenvalue weighted by Gasteiger charge is 2.17. The fraction of sp³-hybridized carbons (Fsp3) is 0.400. The number of hydrogen-bond acceptors (Lipinski definition) is 2. The van der Waals surface area contributed by atoms with E-state index < -0.39 is 0 Å². The van der Waals surface area contributed by atoms with E-state index >= 15 is 0 Å². The van der Waals surface area contributed by atoms with E-state index in [4.69, 9.17) is 16.9 Å². The van der Waals surface area contributed by atoms with Crippen LogP contribution in [0.5, 0.6) is 0 Å². The molecule has 0 saturated carbocycles. The van der Waals surface area contributed by atoms with Gasteiger partial charge in [-0.15, -0.1) is 6.42 Å². The minimum absolute atomic E-state index is 0.0287. The molecule has 64 valence electrons. The highest BCUT2D eigenvalue weighted by molar-refractivity contribution is 5.37. The van der Waals surface area contributed by atoms with Gasteiger partial charge in [-0.05, 0) is 12.8 Å². The van der Waals surface area contributed by atoms with Gasteiger partial charge in [-0.2, -0.15) is 0 Å². The molecular formula is C10H13NO. The van der Waals surface area contributed by atoms with Crippen molar-refractivity contribution in [1.29, 1.82) is 0 Å². The fourth-order valence-electron chi connectivity index (χ4n) is 1.20. The Labute approximate surface area is 73.1 Å². The van der Waals surface area contributed by atoms with Crippen molar-refractivity contribution < 1.29 is 4.74 Å². The highest BCUT2D eigenvalue weighted by Crippen LogP contribution is 2.18. The minimum atomic E-state index is 0.0287. The number of rotatable bonds is 1. The average Bonchev–Trinajstić information content (AvgIpc) is 2.09. The van der Waals surface area contributed by atoms with Gasteiger partial charge in [-0.1, -0.05) is 12.2 Å². The molecule has 0 aromatic carbocycles.